The number of hydrogen-bond donors (Lipinski definition) is 1. The molecule has 0 saturated heterocycles. The van der Waals surface area contributed by atoms with Crippen molar-refractivity contribution in [1.29, 1.82) is 0 Å². The molecule has 1 N–H and O–H groups in total. The number of carbonyl (C=O) groups excluding carboxylic acids is 1. The van der Waals surface area contributed by atoms with Crippen LogP contribution in [0.25, 0.3) is 33.0 Å². The van der Waals surface area contributed by atoms with E-state index in [2.05, 4.69) is 0 Å². The van der Waals surface area contributed by atoms with Crippen molar-refractivity contribution in [3.63, 3.8) is 0 Å². The quantitative estimate of drug-likeness (QED) is 0.338. The van der Waals surface area contributed by atoms with E-state index >= 15 is 0 Å². The standard InChI is InChI=1S/C27H21F3O3/c1-2-33-26(32)22-14-21-13-20(18-7-10-23(11-8-18)27(28,29)30)9-12-24(21)25(15-22)19-5-3-17(16-31)4-6-19/h3-15,31H,2,16H2,1H3. The van der Waals surface area contributed by atoms with Gasteiger partial charge in [0.05, 0.1) is 24.3 Å². The van der Waals surface area contributed by atoms with E-state index in [9.17, 15) is 23.1 Å². The second-order valence-electron chi connectivity index (χ2n) is 7.61. The lowest BCUT2D eigenvalue weighted by Crippen LogP contribution is -2.05. The Labute approximate surface area is 189 Å². The van der Waals surface area contributed by atoms with Crippen molar-refractivity contribution in [2.24, 2.45) is 0 Å². The second kappa shape index (κ2) is 9.08. The van der Waals surface area contributed by atoms with Gasteiger partial charge < -0.3 is 9.84 Å². The lowest BCUT2D eigenvalue weighted by atomic mass is 9.92. The van der Waals surface area contributed by atoms with Crippen LogP contribution in [0.3, 0.4) is 0 Å². The van der Waals surface area contributed by atoms with Crippen LogP contribution < -0.4 is 0 Å². The summed E-state index contributed by atoms with van der Waals surface area (Å²) in [6.45, 7) is 1.90. The molecule has 0 saturated carbocycles. The van der Waals surface area contributed by atoms with Gasteiger partial charge in [0.2, 0.25) is 0 Å². The minimum Gasteiger partial charge on any atom is -0.462 e. The topological polar surface area (TPSA) is 46.5 Å². The fraction of sp³-hybridized carbons (Fsp3) is 0.148. The number of fused-ring (bicyclic) bond motifs is 1. The summed E-state index contributed by atoms with van der Waals surface area (Å²) in [6.07, 6.45) is -4.39. The van der Waals surface area contributed by atoms with Gasteiger partial charge in [-0.05, 0) is 75.8 Å². The van der Waals surface area contributed by atoms with Crippen molar-refractivity contribution < 1.29 is 27.8 Å². The second-order valence-corrected chi connectivity index (χ2v) is 7.61. The highest BCUT2D eigenvalue weighted by molar-refractivity contribution is 6.04. The maximum absolute atomic E-state index is 12.9. The van der Waals surface area contributed by atoms with E-state index in [-0.39, 0.29) is 13.2 Å². The third-order valence-electron chi connectivity index (χ3n) is 5.46. The molecule has 6 heteroatoms. The molecule has 0 radical (unpaired) electrons. The Bertz CT molecular complexity index is 1290. The van der Waals surface area contributed by atoms with E-state index in [1.807, 2.05) is 42.5 Å². The van der Waals surface area contributed by atoms with Crippen LogP contribution in [0, 0.1) is 0 Å². The van der Waals surface area contributed by atoms with Gasteiger partial charge in [-0.15, -0.1) is 0 Å². The van der Waals surface area contributed by atoms with Gasteiger partial charge in [-0.2, -0.15) is 13.2 Å². The first-order valence-corrected chi connectivity index (χ1v) is 10.4. The lowest BCUT2D eigenvalue weighted by molar-refractivity contribution is -0.137. The number of benzene rings is 4. The van der Waals surface area contributed by atoms with E-state index < -0.39 is 17.7 Å². The number of carbonyl (C=O) groups is 1. The molecule has 0 aromatic heterocycles. The van der Waals surface area contributed by atoms with Gasteiger partial charge >= 0.3 is 12.1 Å². The third-order valence-corrected chi connectivity index (χ3v) is 5.46. The van der Waals surface area contributed by atoms with Crippen molar-refractivity contribution in [1.82, 2.24) is 0 Å². The van der Waals surface area contributed by atoms with Crippen LogP contribution in [0.4, 0.5) is 13.2 Å². The largest absolute Gasteiger partial charge is 0.462 e. The Hall–Kier alpha value is -3.64. The minimum absolute atomic E-state index is 0.0691. The van der Waals surface area contributed by atoms with Gasteiger partial charge in [0.25, 0.3) is 0 Å². The number of esters is 1. The Kier molecular flexibility index (Phi) is 6.20. The van der Waals surface area contributed by atoms with Crippen LogP contribution in [-0.4, -0.2) is 17.7 Å². The lowest BCUT2D eigenvalue weighted by Gasteiger charge is -2.13. The number of rotatable bonds is 5. The zero-order valence-electron chi connectivity index (χ0n) is 17.8. The number of hydrogen-bond acceptors (Lipinski definition) is 3. The van der Waals surface area contributed by atoms with Gasteiger partial charge in [-0.1, -0.05) is 48.5 Å². The Morgan fingerprint density at radius 2 is 1.48 bits per heavy atom. The molecule has 0 aliphatic rings. The summed E-state index contributed by atoms with van der Waals surface area (Å²) in [5.74, 6) is -0.451. The van der Waals surface area contributed by atoms with Crippen molar-refractivity contribution in [3.8, 4) is 22.3 Å². The zero-order chi connectivity index (χ0) is 23.6. The molecule has 0 aliphatic carbocycles. The predicted molar refractivity (Wildman–Crippen MR) is 122 cm³/mol. The molecule has 4 rings (SSSR count). The predicted octanol–water partition coefficient (Wildman–Crippen LogP) is 6.86. The summed E-state index contributed by atoms with van der Waals surface area (Å²) in [6, 6.07) is 21.5. The summed E-state index contributed by atoms with van der Waals surface area (Å²) < 4.78 is 43.9. The molecule has 168 valence electrons. The highest BCUT2D eigenvalue weighted by Crippen LogP contribution is 2.35. The molecule has 0 fully saturated rings. The van der Waals surface area contributed by atoms with E-state index in [4.69, 9.17) is 4.74 Å². The number of ether oxygens (including phenoxy) is 1. The van der Waals surface area contributed by atoms with Crippen molar-refractivity contribution in [2.45, 2.75) is 19.7 Å². The Balaban J connectivity index is 1.84. The summed E-state index contributed by atoms with van der Waals surface area (Å²) >= 11 is 0. The zero-order valence-corrected chi connectivity index (χ0v) is 17.8. The molecule has 3 nitrogen and oxygen atoms in total. The molecule has 4 aromatic rings. The fourth-order valence-corrected chi connectivity index (χ4v) is 3.76. The molecule has 0 atom stereocenters. The van der Waals surface area contributed by atoms with Crippen LogP contribution >= 0.6 is 0 Å². The highest BCUT2D eigenvalue weighted by atomic mass is 19.4. The summed E-state index contributed by atoms with van der Waals surface area (Å²) in [5, 5.41) is 11.0. The van der Waals surface area contributed by atoms with Crippen molar-refractivity contribution >= 4 is 16.7 Å². The number of alkyl halides is 3. The van der Waals surface area contributed by atoms with E-state index in [0.717, 1.165) is 45.2 Å². The van der Waals surface area contributed by atoms with Gasteiger partial charge in [-0.25, -0.2) is 4.79 Å². The average molecular weight is 450 g/mol. The fourth-order valence-electron chi connectivity index (χ4n) is 3.76. The smallest absolute Gasteiger partial charge is 0.416 e. The van der Waals surface area contributed by atoms with Crippen LogP contribution in [0.5, 0.6) is 0 Å². The monoisotopic (exact) mass is 450 g/mol. The maximum Gasteiger partial charge on any atom is 0.416 e. The highest BCUT2D eigenvalue weighted by Gasteiger charge is 2.30. The van der Waals surface area contributed by atoms with E-state index in [1.165, 1.54) is 12.1 Å². The van der Waals surface area contributed by atoms with E-state index in [0.29, 0.717) is 11.1 Å². The van der Waals surface area contributed by atoms with Gasteiger partial charge in [0.1, 0.15) is 0 Å². The molecule has 0 bridgehead atoms. The molecule has 0 heterocycles. The first kappa shape index (κ1) is 22.6. The number of aliphatic hydroxyl groups excluding tert-OH is 1. The molecule has 0 spiro atoms. The van der Waals surface area contributed by atoms with Crippen LogP contribution in [0.1, 0.15) is 28.4 Å². The molecular formula is C27H21F3O3. The molecule has 0 amide bonds. The third kappa shape index (κ3) is 4.76. The van der Waals surface area contributed by atoms with Crippen LogP contribution in [0.2, 0.25) is 0 Å². The summed E-state index contributed by atoms with van der Waals surface area (Å²) in [4.78, 5) is 12.5. The Morgan fingerprint density at radius 1 is 0.848 bits per heavy atom. The normalized spacial score (nSPS) is 11.5. The SMILES string of the molecule is CCOC(=O)c1cc(-c2ccc(CO)cc2)c2ccc(-c3ccc(C(F)(F)F)cc3)cc2c1. The first-order valence-electron chi connectivity index (χ1n) is 10.4. The number of aliphatic hydroxyl groups is 1. The first-order chi connectivity index (χ1) is 15.8. The molecule has 33 heavy (non-hydrogen) atoms. The van der Waals surface area contributed by atoms with Crippen LogP contribution in [0.15, 0.2) is 78.9 Å². The van der Waals surface area contributed by atoms with Gasteiger partial charge in [0.15, 0.2) is 0 Å². The number of halogens is 3. The van der Waals surface area contributed by atoms with E-state index in [1.54, 1.807) is 19.1 Å². The van der Waals surface area contributed by atoms with Crippen molar-refractivity contribution in [2.75, 3.05) is 6.61 Å². The minimum atomic E-state index is -4.39. The molecule has 4 aromatic carbocycles. The maximum atomic E-state index is 12.9. The molecule has 0 unspecified atom stereocenters. The van der Waals surface area contributed by atoms with Gasteiger partial charge in [0, 0.05) is 0 Å². The Morgan fingerprint density at radius 3 is 2.09 bits per heavy atom. The summed E-state index contributed by atoms with van der Waals surface area (Å²) in [5.41, 5.74) is 3.51. The molecular weight excluding hydrogens is 429 g/mol. The van der Waals surface area contributed by atoms with Gasteiger partial charge in [-0.3, -0.25) is 0 Å². The van der Waals surface area contributed by atoms with Crippen LogP contribution in [-0.2, 0) is 17.5 Å². The molecule has 0 aliphatic heterocycles. The van der Waals surface area contributed by atoms with Crippen molar-refractivity contribution in [3.05, 3.63) is 95.6 Å². The average Bonchev–Trinajstić information content (AvgIpc) is 2.82. The summed E-state index contributed by atoms with van der Waals surface area (Å²) in [7, 11) is 0.